The largest absolute Gasteiger partial charge is 0.489 e. The van der Waals surface area contributed by atoms with Crippen LogP contribution in [0.2, 0.25) is 0 Å². The molecule has 1 amide bonds. The van der Waals surface area contributed by atoms with E-state index in [1.54, 1.807) is 30.6 Å². The van der Waals surface area contributed by atoms with Crippen LogP contribution in [0.4, 0.5) is 5.13 Å². The number of nitrogens with zero attached hydrogens (tertiary/aromatic N) is 3. The summed E-state index contributed by atoms with van der Waals surface area (Å²) in [5.74, 6) is 0.528. The van der Waals surface area contributed by atoms with Crippen LogP contribution in [-0.2, 0) is 6.61 Å². The van der Waals surface area contributed by atoms with E-state index in [1.165, 1.54) is 16.9 Å². The Bertz CT molecular complexity index is 1130. The zero-order valence-electron chi connectivity index (χ0n) is 17.1. The number of hydrogen-bond donors (Lipinski definition) is 1. The third kappa shape index (κ3) is 5.32. The van der Waals surface area contributed by atoms with Gasteiger partial charge in [0.15, 0.2) is 0 Å². The number of hydrogen-bond acceptors (Lipinski definition) is 6. The second-order valence-corrected chi connectivity index (χ2v) is 7.96. The molecule has 0 aliphatic carbocycles. The van der Waals surface area contributed by atoms with Gasteiger partial charge in [-0.3, -0.25) is 15.1 Å². The van der Waals surface area contributed by atoms with Gasteiger partial charge in [-0.15, -0.1) is 10.2 Å². The van der Waals surface area contributed by atoms with E-state index in [0.717, 1.165) is 17.0 Å². The molecule has 0 saturated carbocycles. The Morgan fingerprint density at radius 2 is 1.94 bits per heavy atom. The maximum absolute atomic E-state index is 12.7. The van der Waals surface area contributed by atoms with E-state index in [2.05, 4.69) is 39.6 Å². The van der Waals surface area contributed by atoms with Crippen LogP contribution in [0.25, 0.3) is 0 Å². The van der Waals surface area contributed by atoms with E-state index in [4.69, 9.17) is 4.74 Å². The molecule has 0 saturated heterocycles. The first-order chi connectivity index (χ1) is 15.2. The summed E-state index contributed by atoms with van der Waals surface area (Å²) < 4.78 is 5.79. The number of pyridine rings is 1. The molecule has 4 aromatic rings. The topological polar surface area (TPSA) is 77.0 Å². The Morgan fingerprint density at radius 1 is 1.06 bits per heavy atom. The molecule has 156 valence electrons. The number of ether oxygens (including phenoxy) is 1. The van der Waals surface area contributed by atoms with Crippen molar-refractivity contribution in [3.05, 3.63) is 101 Å². The molecule has 0 aliphatic rings. The van der Waals surface area contributed by atoms with Gasteiger partial charge in [0, 0.05) is 29.4 Å². The number of carbonyl (C=O) groups is 1. The minimum Gasteiger partial charge on any atom is -0.489 e. The number of anilines is 1. The van der Waals surface area contributed by atoms with E-state index in [1.807, 2.05) is 36.4 Å². The van der Waals surface area contributed by atoms with Gasteiger partial charge in [0.2, 0.25) is 5.13 Å². The van der Waals surface area contributed by atoms with Gasteiger partial charge < -0.3 is 4.74 Å². The Hall–Kier alpha value is -3.58. The van der Waals surface area contributed by atoms with Gasteiger partial charge in [0.25, 0.3) is 5.91 Å². The number of nitrogens with one attached hydrogen (secondary N) is 1. The van der Waals surface area contributed by atoms with Crippen LogP contribution in [0.1, 0.15) is 45.8 Å². The molecule has 0 spiro atoms. The molecule has 2 aromatic heterocycles. The van der Waals surface area contributed by atoms with Gasteiger partial charge in [0.05, 0.1) is 0 Å². The van der Waals surface area contributed by atoms with E-state index in [-0.39, 0.29) is 11.8 Å². The fourth-order valence-corrected chi connectivity index (χ4v) is 4.16. The average molecular weight is 431 g/mol. The normalized spacial score (nSPS) is 11.6. The van der Waals surface area contributed by atoms with Crippen molar-refractivity contribution in [3.63, 3.8) is 0 Å². The van der Waals surface area contributed by atoms with Gasteiger partial charge >= 0.3 is 0 Å². The van der Waals surface area contributed by atoms with Crippen molar-refractivity contribution in [2.75, 3.05) is 5.32 Å². The molecule has 2 aromatic carbocycles. The molecule has 6 nitrogen and oxygen atoms in total. The highest BCUT2D eigenvalue weighted by Gasteiger charge is 2.18. The highest BCUT2D eigenvalue weighted by Crippen LogP contribution is 2.31. The summed E-state index contributed by atoms with van der Waals surface area (Å²) in [6.07, 6.45) is 4.38. The van der Waals surface area contributed by atoms with Crippen molar-refractivity contribution in [1.82, 2.24) is 15.2 Å². The second kappa shape index (κ2) is 9.95. The molecular formula is C24H22N4O2S. The van der Waals surface area contributed by atoms with Crippen molar-refractivity contribution >= 4 is 22.4 Å². The zero-order chi connectivity index (χ0) is 21.5. The highest BCUT2D eigenvalue weighted by molar-refractivity contribution is 7.15. The maximum atomic E-state index is 12.7. The Labute approximate surface area is 185 Å². The van der Waals surface area contributed by atoms with Gasteiger partial charge in [-0.1, -0.05) is 60.7 Å². The van der Waals surface area contributed by atoms with Gasteiger partial charge in [-0.25, -0.2) is 0 Å². The number of benzene rings is 2. The number of aromatic nitrogens is 3. The lowest BCUT2D eigenvalue weighted by Gasteiger charge is -2.11. The predicted molar refractivity (Wildman–Crippen MR) is 121 cm³/mol. The molecule has 1 unspecified atom stereocenters. The molecule has 0 radical (unpaired) electrons. The van der Waals surface area contributed by atoms with Crippen LogP contribution in [0, 0.1) is 0 Å². The van der Waals surface area contributed by atoms with Gasteiger partial charge in [-0.2, -0.15) is 0 Å². The van der Waals surface area contributed by atoms with Crippen molar-refractivity contribution in [3.8, 4) is 5.75 Å². The van der Waals surface area contributed by atoms with Crippen LogP contribution in [0.15, 0.2) is 79.1 Å². The summed E-state index contributed by atoms with van der Waals surface area (Å²) in [6, 6.07) is 21.1. The zero-order valence-corrected chi connectivity index (χ0v) is 17.9. The monoisotopic (exact) mass is 430 g/mol. The third-order valence-corrected chi connectivity index (χ3v) is 5.75. The maximum Gasteiger partial charge on any atom is 0.257 e. The Balaban J connectivity index is 1.42. The van der Waals surface area contributed by atoms with Crippen molar-refractivity contribution in [1.29, 1.82) is 0 Å². The smallest absolute Gasteiger partial charge is 0.257 e. The summed E-state index contributed by atoms with van der Waals surface area (Å²) in [6.45, 7) is 2.50. The molecule has 4 rings (SSSR count). The van der Waals surface area contributed by atoms with Crippen LogP contribution in [0.3, 0.4) is 0 Å². The van der Waals surface area contributed by atoms with Crippen LogP contribution < -0.4 is 10.1 Å². The Morgan fingerprint density at radius 3 is 2.71 bits per heavy atom. The number of carbonyl (C=O) groups excluding carboxylic acids is 1. The molecule has 31 heavy (non-hydrogen) atoms. The minimum atomic E-state index is -0.248. The summed E-state index contributed by atoms with van der Waals surface area (Å²) in [7, 11) is 0. The molecule has 0 aliphatic heterocycles. The van der Waals surface area contributed by atoms with Crippen molar-refractivity contribution < 1.29 is 9.53 Å². The predicted octanol–water partition coefficient (Wildman–Crippen LogP) is 5.31. The lowest BCUT2D eigenvalue weighted by Crippen LogP contribution is -2.11. The van der Waals surface area contributed by atoms with E-state index >= 15 is 0 Å². The van der Waals surface area contributed by atoms with Crippen LogP contribution >= 0.6 is 11.3 Å². The van der Waals surface area contributed by atoms with Crippen molar-refractivity contribution in [2.45, 2.75) is 25.9 Å². The Kier molecular flexibility index (Phi) is 6.64. The van der Waals surface area contributed by atoms with Gasteiger partial charge in [0.1, 0.15) is 17.4 Å². The minimum absolute atomic E-state index is 0.161. The second-order valence-electron chi connectivity index (χ2n) is 6.95. The first kappa shape index (κ1) is 20.7. The standard InChI is InChI=1S/C24H22N4O2S/c1-2-21(18-9-4-3-5-10-18)23-27-28-24(31-23)26-22(29)19-11-6-12-20(14-19)30-16-17-8-7-13-25-15-17/h3-15,21H,2,16H2,1H3,(H,26,28,29). The number of amides is 1. The van der Waals surface area contributed by atoms with Crippen LogP contribution in [-0.4, -0.2) is 21.1 Å². The lowest BCUT2D eigenvalue weighted by atomic mass is 9.97. The fraction of sp³-hybridized carbons (Fsp3) is 0.167. The SMILES string of the molecule is CCC(c1ccccc1)c1nnc(NC(=O)c2cccc(OCc3cccnc3)c2)s1. The summed E-state index contributed by atoms with van der Waals surface area (Å²) >= 11 is 1.40. The first-order valence-electron chi connectivity index (χ1n) is 10.0. The molecule has 0 fully saturated rings. The first-order valence-corrected chi connectivity index (χ1v) is 10.9. The summed E-state index contributed by atoms with van der Waals surface area (Å²) in [5.41, 5.74) is 2.65. The molecule has 2 heterocycles. The van der Waals surface area contributed by atoms with E-state index < -0.39 is 0 Å². The van der Waals surface area contributed by atoms with E-state index in [0.29, 0.717) is 23.1 Å². The van der Waals surface area contributed by atoms with E-state index in [9.17, 15) is 4.79 Å². The van der Waals surface area contributed by atoms with Crippen LogP contribution in [0.5, 0.6) is 5.75 Å². The quantitative estimate of drug-likeness (QED) is 0.410. The highest BCUT2D eigenvalue weighted by atomic mass is 32.1. The molecule has 7 heteroatoms. The molecule has 0 bridgehead atoms. The summed E-state index contributed by atoms with van der Waals surface area (Å²) in [4.78, 5) is 16.8. The lowest BCUT2D eigenvalue weighted by molar-refractivity contribution is 0.102. The van der Waals surface area contributed by atoms with Gasteiger partial charge in [-0.05, 0) is 36.2 Å². The fourth-order valence-electron chi connectivity index (χ4n) is 3.21. The molecular weight excluding hydrogens is 408 g/mol. The van der Waals surface area contributed by atoms with Crippen molar-refractivity contribution in [2.24, 2.45) is 0 Å². The number of rotatable bonds is 8. The molecule has 1 N–H and O–H groups in total. The summed E-state index contributed by atoms with van der Waals surface area (Å²) in [5, 5.41) is 12.7. The average Bonchev–Trinajstić information content (AvgIpc) is 3.28. The molecule has 1 atom stereocenters. The third-order valence-electron chi connectivity index (χ3n) is 4.79.